The molecule has 108 valence electrons. The van der Waals surface area contributed by atoms with Crippen molar-refractivity contribution in [3.05, 3.63) is 41.2 Å². The van der Waals surface area contributed by atoms with Crippen molar-refractivity contribution in [3.63, 3.8) is 0 Å². The first-order valence-corrected chi connectivity index (χ1v) is 7.10. The molecule has 0 N–H and O–H groups in total. The van der Waals surface area contributed by atoms with E-state index >= 15 is 0 Å². The van der Waals surface area contributed by atoms with E-state index < -0.39 is 0 Å². The molecule has 0 spiro atoms. The third kappa shape index (κ3) is 3.25. The predicted molar refractivity (Wildman–Crippen MR) is 79.5 cm³/mol. The summed E-state index contributed by atoms with van der Waals surface area (Å²) in [6, 6.07) is 7.69. The number of aromatic nitrogens is 2. The maximum atomic E-state index is 5.93. The van der Waals surface area contributed by atoms with E-state index in [9.17, 15) is 0 Å². The summed E-state index contributed by atoms with van der Waals surface area (Å²) in [5.41, 5.74) is 2.99. The first kappa shape index (κ1) is 14.7. The first-order valence-electron chi connectivity index (χ1n) is 6.57. The summed E-state index contributed by atoms with van der Waals surface area (Å²) in [6.45, 7) is 5.33. The normalized spacial score (nSPS) is 10.6. The van der Waals surface area contributed by atoms with Gasteiger partial charge in [-0.15, -0.1) is 11.6 Å². The molecule has 0 radical (unpaired) electrons. The van der Waals surface area contributed by atoms with Gasteiger partial charge in [-0.1, -0.05) is 6.07 Å². The van der Waals surface area contributed by atoms with Gasteiger partial charge in [0.2, 0.25) is 0 Å². The minimum atomic E-state index is 0.408. The fraction of sp³-hybridized carbons (Fsp3) is 0.400. The third-order valence-corrected chi connectivity index (χ3v) is 3.37. The molecule has 0 bridgehead atoms. The molecule has 0 aliphatic rings. The van der Waals surface area contributed by atoms with E-state index in [1.165, 1.54) is 0 Å². The monoisotopic (exact) mass is 294 g/mol. The first-order chi connectivity index (χ1) is 9.67. The third-order valence-electron chi connectivity index (χ3n) is 3.08. The Labute approximate surface area is 124 Å². The van der Waals surface area contributed by atoms with Crippen molar-refractivity contribution in [2.75, 3.05) is 7.11 Å². The highest BCUT2D eigenvalue weighted by molar-refractivity contribution is 6.17. The van der Waals surface area contributed by atoms with Crippen LogP contribution in [0.3, 0.4) is 0 Å². The molecular weight excluding hydrogens is 276 g/mol. The Kier molecular flexibility index (Phi) is 4.90. The fourth-order valence-electron chi connectivity index (χ4n) is 2.05. The molecular formula is C15H19ClN2O2. The summed E-state index contributed by atoms with van der Waals surface area (Å²) < 4.78 is 13.0. The van der Waals surface area contributed by atoms with Crippen LogP contribution in [0, 0.1) is 6.92 Å². The van der Waals surface area contributed by atoms with Crippen molar-refractivity contribution in [3.8, 4) is 11.5 Å². The molecule has 0 atom stereocenters. The van der Waals surface area contributed by atoms with Gasteiger partial charge in [0, 0.05) is 18.2 Å². The molecule has 1 aromatic heterocycles. The van der Waals surface area contributed by atoms with Crippen LogP contribution >= 0.6 is 11.6 Å². The number of hydrogen-bond donors (Lipinski definition) is 0. The van der Waals surface area contributed by atoms with E-state index in [1.54, 1.807) is 7.11 Å². The maximum Gasteiger partial charge on any atom is 0.130 e. The Hall–Kier alpha value is -1.68. The molecule has 4 nitrogen and oxygen atoms in total. The molecule has 1 aromatic carbocycles. The zero-order chi connectivity index (χ0) is 14.5. The van der Waals surface area contributed by atoms with Gasteiger partial charge in [0.25, 0.3) is 0 Å². The summed E-state index contributed by atoms with van der Waals surface area (Å²) >= 11 is 5.93. The standard InChI is InChI=1S/C15H19ClN2O2/c1-4-18-13(7-11(2)17-18)10-20-15-8-14(19-3)6-5-12(15)9-16/h5-8H,4,9-10H2,1-3H3. The Balaban J connectivity index is 2.17. The van der Waals surface area contributed by atoms with Gasteiger partial charge in [-0.3, -0.25) is 4.68 Å². The van der Waals surface area contributed by atoms with Crippen molar-refractivity contribution in [1.82, 2.24) is 9.78 Å². The van der Waals surface area contributed by atoms with Crippen molar-refractivity contribution in [2.45, 2.75) is 32.9 Å². The highest BCUT2D eigenvalue weighted by Crippen LogP contribution is 2.27. The molecule has 1 heterocycles. The maximum absolute atomic E-state index is 5.93. The molecule has 0 aliphatic carbocycles. The van der Waals surface area contributed by atoms with Gasteiger partial charge in [0.1, 0.15) is 18.1 Å². The van der Waals surface area contributed by atoms with Crippen molar-refractivity contribution < 1.29 is 9.47 Å². The molecule has 20 heavy (non-hydrogen) atoms. The summed E-state index contributed by atoms with van der Waals surface area (Å²) in [4.78, 5) is 0. The lowest BCUT2D eigenvalue weighted by atomic mass is 10.2. The molecule has 0 aliphatic heterocycles. The average Bonchev–Trinajstić information content (AvgIpc) is 2.84. The second-order valence-electron chi connectivity index (χ2n) is 4.49. The van der Waals surface area contributed by atoms with Gasteiger partial charge in [-0.2, -0.15) is 5.10 Å². The lowest BCUT2D eigenvalue weighted by Gasteiger charge is -2.12. The van der Waals surface area contributed by atoms with E-state index in [1.807, 2.05) is 35.9 Å². The predicted octanol–water partition coefficient (Wildman–Crippen LogP) is 3.54. The Morgan fingerprint density at radius 1 is 1.30 bits per heavy atom. The van der Waals surface area contributed by atoms with Crippen molar-refractivity contribution in [2.24, 2.45) is 0 Å². The van der Waals surface area contributed by atoms with E-state index in [4.69, 9.17) is 21.1 Å². The van der Waals surface area contributed by atoms with Gasteiger partial charge in [-0.25, -0.2) is 0 Å². The topological polar surface area (TPSA) is 36.3 Å². The summed E-state index contributed by atoms with van der Waals surface area (Å²) in [7, 11) is 1.63. The van der Waals surface area contributed by atoms with Crippen LogP contribution in [0.4, 0.5) is 0 Å². The van der Waals surface area contributed by atoms with Crippen LogP contribution < -0.4 is 9.47 Å². The lowest BCUT2D eigenvalue weighted by molar-refractivity contribution is 0.288. The van der Waals surface area contributed by atoms with Crippen molar-refractivity contribution >= 4 is 11.6 Å². The lowest BCUT2D eigenvalue weighted by Crippen LogP contribution is -2.06. The molecule has 0 unspecified atom stereocenters. The molecule has 2 rings (SSSR count). The minimum absolute atomic E-state index is 0.408. The zero-order valence-corrected chi connectivity index (χ0v) is 12.8. The second kappa shape index (κ2) is 6.66. The number of rotatable bonds is 6. The SMILES string of the molecule is CCn1nc(C)cc1COc1cc(OC)ccc1CCl. The van der Waals surface area contributed by atoms with E-state index in [-0.39, 0.29) is 0 Å². The summed E-state index contributed by atoms with van der Waals surface area (Å²) in [5, 5.41) is 4.40. The number of ether oxygens (including phenoxy) is 2. The molecule has 5 heteroatoms. The van der Waals surface area contributed by atoms with Gasteiger partial charge in [0.15, 0.2) is 0 Å². The van der Waals surface area contributed by atoms with Crippen LogP contribution in [0.15, 0.2) is 24.3 Å². The highest BCUT2D eigenvalue weighted by atomic mass is 35.5. The molecule has 0 saturated carbocycles. The van der Waals surface area contributed by atoms with Crippen LogP contribution in [0.2, 0.25) is 0 Å². The number of alkyl halides is 1. The average molecular weight is 295 g/mol. The smallest absolute Gasteiger partial charge is 0.130 e. The van der Waals surface area contributed by atoms with Gasteiger partial charge < -0.3 is 9.47 Å². The van der Waals surface area contributed by atoms with E-state index in [0.717, 1.165) is 35.0 Å². The van der Waals surface area contributed by atoms with Crippen LogP contribution in [-0.4, -0.2) is 16.9 Å². The molecule has 0 saturated heterocycles. The number of methoxy groups -OCH3 is 1. The van der Waals surface area contributed by atoms with Gasteiger partial charge >= 0.3 is 0 Å². The van der Waals surface area contributed by atoms with Crippen LogP contribution in [0.1, 0.15) is 23.9 Å². The highest BCUT2D eigenvalue weighted by Gasteiger charge is 2.08. The molecule has 0 fully saturated rings. The van der Waals surface area contributed by atoms with Gasteiger partial charge in [0.05, 0.1) is 24.4 Å². The number of aryl methyl sites for hydroxylation is 2. The number of hydrogen-bond acceptors (Lipinski definition) is 3. The van der Waals surface area contributed by atoms with E-state index in [2.05, 4.69) is 12.0 Å². The number of halogens is 1. The van der Waals surface area contributed by atoms with E-state index in [0.29, 0.717) is 12.5 Å². The fourth-order valence-corrected chi connectivity index (χ4v) is 2.27. The quantitative estimate of drug-likeness (QED) is 0.765. The largest absolute Gasteiger partial charge is 0.497 e. The minimum Gasteiger partial charge on any atom is -0.497 e. The Bertz CT molecular complexity index is 581. The number of nitrogens with zero attached hydrogens (tertiary/aromatic N) is 2. The van der Waals surface area contributed by atoms with Crippen LogP contribution in [-0.2, 0) is 19.0 Å². The molecule has 2 aromatic rings. The molecule has 0 amide bonds. The summed E-state index contributed by atoms with van der Waals surface area (Å²) in [5.74, 6) is 1.92. The second-order valence-corrected chi connectivity index (χ2v) is 4.76. The van der Waals surface area contributed by atoms with Crippen LogP contribution in [0.25, 0.3) is 0 Å². The summed E-state index contributed by atoms with van der Waals surface area (Å²) in [6.07, 6.45) is 0. The Morgan fingerprint density at radius 3 is 2.75 bits per heavy atom. The van der Waals surface area contributed by atoms with Crippen LogP contribution in [0.5, 0.6) is 11.5 Å². The van der Waals surface area contributed by atoms with Gasteiger partial charge in [-0.05, 0) is 26.0 Å². The Morgan fingerprint density at radius 2 is 2.10 bits per heavy atom. The zero-order valence-electron chi connectivity index (χ0n) is 12.0. The number of benzene rings is 1. The van der Waals surface area contributed by atoms with Crippen molar-refractivity contribution in [1.29, 1.82) is 0 Å².